The summed E-state index contributed by atoms with van der Waals surface area (Å²) in [6.07, 6.45) is 7.75. The fraction of sp³-hybridized carbons (Fsp3) is 0.400. The lowest BCUT2D eigenvalue weighted by atomic mass is 9.87. The van der Waals surface area contributed by atoms with Crippen molar-refractivity contribution in [3.8, 4) is 11.3 Å². The van der Waals surface area contributed by atoms with Crippen LogP contribution in [0.2, 0.25) is 0 Å². The van der Waals surface area contributed by atoms with E-state index in [1.165, 1.54) is 16.5 Å². The van der Waals surface area contributed by atoms with Gasteiger partial charge in [-0.3, -0.25) is 4.79 Å². The second-order valence-electron chi connectivity index (χ2n) is 9.04. The van der Waals surface area contributed by atoms with Crippen molar-refractivity contribution >= 4 is 22.5 Å². The highest BCUT2D eigenvalue weighted by molar-refractivity contribution is 5.92. The van der Waals surface area contributed by atoms with Crippen molar-refractivity contribution in [2.45, 2.75) is 38.5 Å². The van der Waals surface area contributed by atoms with Gasteiger partial charge in [0.1, 0.15) is 0 Å². The van der Waals surface area contributed by atoms with Crippen LogP contribution >= 0.6 is 0 Å². The molecular weight excluding hydrogens is 400 g/mol. The molecule has 1 aliphatic heterocycles. The van der Waals surface area contributed by atoms with Crippen LogP contribution in [0.1, 0.15) is 49.7 Å². The van der Waals surface area contributed by atoms with E-state index in [2.05, 4.69) is 52.4 Å². The van der Waals surface area contributed by atoms with Crippen LogP contribution in [0.4, 0.5) is 0 Å². The van der Waals surface area contributed by atoms with E-state index in [-0.39, 0.29) is 5.91 Å². The van der Waals surface area contributed by atoms with Crippen LogP contribution in [-0.2, 0) is 4.79 Å². The number of carbonyl (C=O) groups is 1. The number of aromatic nitrogens is 4. The van der Waals surface area contributed by atoms with Crippen molar-refractivity contribution in [3.05, 3.63) is 54.0 Å². The minimum atomic E-state index is 0.196. The number of hydrogen-bond donors (Lipinski definition) is 2. The lowest BCUT2D eigenvalue weighted by molar-refractivity contribution is -0.131. The minimum Gasteiger partial charge on any atom is -0.354 e. The van der Waals surface area contributed by atoms with Gasteiger partial charge in [-0.25, -0.2) is 9.50 Å². The van der Waals surface area contributed by atoms with Gasteiger partial charge in [-0.2, -0.15) is 5.10 Å². The molecule has 4 aromatic rings. The molecule has 7 heteroatoms. The van der Waals surface area contributed by atoms with Crippen LogP contribution in [0.15, 0.2) is 42.9 Å². The van der Waals surface area contributed by atoms with E-state index < -0.39 is 0 Å². The number of amides is 1. The first-order chi connectivity index (χ1) is 15.5. The smallest absolute Gasteiger partial charge is 0.236 e. The monoisotopic (exact) mass is 430 g/mol. The fourth-order valence-electron chi connectivity index (χ4n) is 4.98. The predicted octanol–water partition coefficient (Wildman–Crippen LogP) is 3.93. The van der Waals surface area contributed by atoms with E-state index in [1.807, 2.05) is 34.9 Å². The fourth-order valence-corrected chi connectivity index (χ4v) is 4.98. The number of likely N-dealkylation sites (N-methyl/N-ethyl adjacent to an activating group) is 1. The average molecular weight is 431 g/mol. The molecular formula is C25H30N6O. The average Bonchev–Trinajstić information content (AvgIpc) is 3.42. The highest BCUT2D eigenvalue weighted by atomic mass is 16.2. The first-order valence-electron chi connectivity index (χ1n) is 11.4. The molecule has 0 spiro atoms. The Labute approximate surface area is 187 Å². The van der Waals surface area contributed by atoms with Crippen LogP contribution in [0, 0.1) is 0 Å². The van der Waals surface area contributed by atoms with Crippen LogP contribution in [0.3, 0.4) is 0 Å². The van der Waals surface area contributed by atoms with Crippen molar-refractivity contribution in [1.29, 1.82) is 0 Å². The molecule has 32 heavy (non-hydrogen) atoms. The molecule has 4 heterocycles. The molecule has 0 aliphatic carbocycles. The quantitative estimate of drug-likeness (QED) is 0.503. The largest absolute Gasteiger partial charge is 0.354 e. The SMILES string of the molecule is CNCC(=O)N1CCC(c2ccc3[nH]c(-c4cnc5ccnn5c4)c(C(C)C)c3c2)CC1. The molecule has 7 nitrogen and oxygen atoms in total. The number of likely N-dealkylation sites (tertiary alicyclic amines) is 1. The van der Waals surface area contributed by atoms with Gasteiger partial charge < -0.3 is 15.2 Å². The van der Waals surface area contributed by atoms with Crippen molar-refractivity contribution in [3.63, 3.8) is 0 Å². The van der Waals surface area contributed by atoms with Crippen LogP contribution < -0.4 is 5.32 Å². The number of benzene rings is 1. The molecule has 0 unspecified atom stereocenters. The van der Waals surface area contributed by atoms with Crippen molar-refractivity contribution in [2.24, 2.45) is 0 Å². The van der Waals surface area contributed by atoms with Gasteiger partial charge in [0.2, 0.25) is 5.91 Å². The summed E-state index contributed by atoms with van der Waals surface area (Å²) in [5.74, 6) is 1.04. The Hall–Kier alpha value is -3.19. The van der Waals surface area contributed by atoms with Gasteiger partial charge in [-0.05, 0) is 55.0 Å². The Balaban J connectivity index is 1.47. The molecule has 1 aliphatic rings. The lowest BCUT2D eigenvalue weighted by Gasteiger charge is -2.32. The predicted molar refractivity (Wildman–Crippen MR) is 127 cm³/mol. The zero-order valence-electron chi connectivity index (χ0n) is 18.9. The molecule has 1 aromatic carbocycles. The molecule has 1 fully saturated rings. The van der Waals surface area contributed by atoms with E-state index in [0.717, 1.165) is 48.4 Å². The Kier molecular flexibility index (Phi) is 5.43. The molecule has 2 N–H and O–H groups in total. The van der Waals surface area contributed by atoms with E-state index in [0.29, 0.717) is 18.4 Å². The first-order valence-corrected chi connectivity index (χ1v) is 11.4. The third kappa shape index (κ3) is 3.66. The number of fused-ring (bicyclic) bond motifs is 2. The normalized spacial score (nSPS) is 15.3. The summed E-state index contributed by atoms with van der Waals surface area (Å²) < 4.78 is 1.82. The maximum atomic E-state index is 12.2. The number of rotatable bonds is 5. The van der Waals surface area contributed by atoms with Gasteiger partial charge in [0.15, 0.2) is 5.65 Å². The Morgan fingerprint density at radius 2 is 2.06 bits per heavy atom. The van der Waals surface area contributed by atoms with Crippen LogP contribution in [0.5, 0.6) is 0 Å². The topological polar surface area (TPSA) is 78.3 Å². The van der Waals surface area contributed by atoms with E-state index >= 15 is 0 Å². The van der Waals surface area contributed by atoms with Gasteiger partial charge in [0.25, 0.3) is 0 Å². The highest BCUT2D eigenvalue weighted by Gasteiger charge is 2.25. The Bertz CT molecular complexity index is 1260. The van der Waals surface area contributed by atoms with Crippen molar-refractivity contribution < 1.29 is 4.79 Å². The molecule has 1 amide bonds. The Morgan fingerprint density at radius 1 is 1.25 bits per heavy atom. The van der Waals surface area contributed by atoms with Crippen molar-refractivity contribution in [2.75, 3.05) is 26.7 Å². The zero-order chi connectivity index (χ0) is 22.2. The third-order valence-corrected chi connectivity index (χ3v) is 6.62. The number of piperidine rings is 1. The molecule has 166 valence electrons. The van der Waals surface area contributed by atoms with Crippen molar-refractivity contribution in [1.82, 2.24) is 29.8 Å². The summed E-state index contributed by atoms with van der Waals surface area (Å²) in [4.78, 5) is 22.4. The number of hydrogen-bond acceptors (Lipinski definition) is 4. The summed E-state index contributed by atoms with van der Waals surface area (Å²) in [6.45, 7) is 6.55. The number of nitrogens with zero attached hydrogens (tertiary/aromatic N) is 4. The molecule has 0 bridgehead atoms. The van der Waals surface area contributed by atoms with Gasteiger partial charge in [0, 0.05) is 48.0 Å². The summed E-state index contributed by atoms with van der Waals surface area (Å²) in [5, 5.41) is 8.59. The highest BCUT2D eigenvalue weighted by Crippen LogP contribution is 2.38. The summed E-state index contributed by atoms with van der Waals surface area (Å²) in [5.41, 5.74) is 6.83. The van der Waals surface area contributed by atoms with E-state index in [9.17, 15) is 4.79 Å². The number of nitrogens with one attached hydrogen (secondary N) is 2. The molecule has 0 atom stereocenters. The summed E-state index contributed by atoms with van der Waals surface area (Å²) in [6, 6.07) is 8.72. The minimum absolute atomic E-state index is 0.196. The summed E-state index contributed by atoms with van der Waals surface area (Å²) in [7, 11) is 1.82. The molecule has 0 saturated carbocycles. The van der Waals surface area contributed by atoms with E-state index in [4.69, 9.17) is 0 Å². The standard InChI is InChI=1S/C25H30N6O/c1-16(2)24-20-12-18(17-7-10-30(11-8-17)23(32)14-26-3)4-5-21(20)29-25(24)19-13-27-22-6-9-28-31(22)15-19/h4-6,9,12-13,15-17,26,29H,7-8,10-11,14H2,1-3H3. The van der Waals surface area contributed by atoms with Gasteiger partial charge >= 0.3 is 0 Å². The third-order valence-electron chi connectivity index (χ3n) is 6.62. The van der Waals surface area contributed by atoms with E-state index in [1.54, 1.807) is 6.20 Å². The Morgan fingerprint density at radius 3 is 2.81 bits per heavy atom. The molecule has 5 rings (SSSR count). The van der Waals surface area contributed by atoms with Gasteiger partial charge in [-0.15, -0.1) is 0 Å². The second-order valence-corrected chi connectivity index (χ2v) is 9.04. The van der Waals surface area contributed by atoms with Gasteiger partial charge in [0.05, 0.1) is 18.4 Å². The molecule has 1 saturated heterocycles. The maximum absolute atomic E-state index is 12.2. The van der Waals surface area contributed by atoms with Crippen LogP contribution in [-0.4, -0.2) is 57.1 Å². The summed E-state index contributed by atoms with van der Waals surface area (Å²) >= 11 is 0. The molecule has 3 aromatic heterocycles. The number of carbonyl (C=O) groups excluding carboxylic acids is 1. The number of aromatic amines is 1. The molecule has 0 radical (unpaired) electrons. The van der Waals surface area contributed by atoms with Crippen LogP contribution in [0.25, 0.3) is 27.8 Å². The first kappa shape index (κ1) is 20.7. The van der Waals surface area contributed by atoms with Gasteiger partial charge in [-0.1, -0.05) is 19.9 Å². The zero-order valence-corrected chi connectivity index (χ0v) is 18.9. The maximum Gasteiger partial charge on any atom is 0.236 e. The lowest BCUT2D eigenvalue weighted by Crippen LogP contribution is -2.41. The number of H-pyrrole nitrogens is 1. The second kappa shape index (κ2) is 8.39.